The average Bonchev–Trinajstić information content (AvgIpc) is 2.60. The zero-order chi connectivity index (χ0) is 9.26. The molecular formula is C10H7NO2. The first kappa shape index (κ1) is 7.84. The first-order valence-electron chi connectivity index (χ1n) is 3.87. The van der Waals surface area contributed by atoms with Crippen LogP contribution in [0.2, 0.25) is 0 Å². The van der Waals surface area contributed by atoms with E-state index in [0.717, 1.165) is 10.8 Å². The number of benzene rings is 1. The molecule has 0 aliphatic heterocycles. The van der Waals surface area contributed by atoms with Gasteiger partial charge >= 0.3 is 0 Å². The fraction of sp³-hybridized carbons (Fsp3) is 0.100. The highest BCUT2D eigenvalue weighted by molar-refractivity contribution is 5.88. The van der Waals surface area contributed by atoms with Gasteiger partial charge in [-0.25, -0.2) is 0 Å². The maximum atomic E-state index is 8.91. The molecule has 2 rings (SSSR count). The number of hydrogen-bond donors (Lipinski definition) is 1. The first-order chi connectivity index (χ1) is 6.36. The van der Waals surface area contributed by atoms with Crippen molar-refractivity contribution >= 4 is 10.8 Å². The van der Waals surface area contributed by atoms with Gasteiger partial charge in [-0.1, -0.05) is 12.1 Å². The van der Waals surface area contributed by atoms with Crippen molar-refractivity contribution in [2.24, 2.45) is 0 Å². The highest BCUT2D eigenvalue weighted by Crippen LogP contribution is 2.23. The van der Waals surface area contributed by atoms with E-state index in [1.807, 2.05) is 6.07 Å². The van der Waals surface area contributed by atoms with Gasteiger partial charge in [0.1, 0.15) is 12.4 Å². The van der Waals surface area contributed by atoms with Gasteiger partial charge in [-0.05, 0) is 6.07 Å². The number of aliphatic hydroxyl groups is 1. The van der Waals surface area contributed by atoms with Crippen LogP contribution in [0.3, 0.4) is 0 Å². The van der Waals surface area contributed by atoms with Gasteiger partial charge in [0.2, 0.25) is 0 Å². The summed E-state index contributed by atoms with van der Waals surface area (Å²) in [6.45, 7) is -0.140. The Hall–Kier alpha value is -1.79. The lowest BCUT2D eigenvalue weighted by atomic mass is 10.1. The summed E-state index contributed by atoms with van der Waals surface area (Å²) in [5.41, 5.74) is 0.570. The van der Waals surface area contributed by atoms with Crippen molar-refractivity contribution in [1.29, 1.82) is 5.26 Å². The Morgan fingerprint density at radius 1 is 1.38 bits per heavy atom. The summed E-state index contributed by atoms with van der Waals surface area (Å²) < 4.78 is 5.11. The third-order valence-electron chi connectivity index (χ3n) is 1.99. The lowest BCUT2D eigenvalue weighted by Gasteiger charge is -1.92. The Kier molecular flexibility index (Phi) is 1.76. The number of nitriles is 1. The molecule has 0 bridgehead atoms. The molecule has 0 aliphatic carbocycles. The minimum atomic E-state index is -0.140. The molecule has 13 heavy (non-hydrogen) atoms. The Morgan fingerprint density at radius 3 is 2.92 bits per heavy atom. The average molecular weight is 173 g/mol. The van der Waals surface area contributed by atoms with Gasteiger partial charge in [-0.2, -0.15) is 5.26 Å². The topological polar surface area (TPSA) is 57.2 Å². The van der Waals surface area contributed by atoms with Crippen LogP contribution in [0.15, 0.2) is 28.9 Å². The molecule has 0 amide bonds. The van der Waals surface area contributed by atoms with E-state index in [-0.39, 0.29) is 6.61 Å². The molecule has 0 fully saturated rings. The summed E-state index contributed by atoms with van der Waals surface area (Å²) >= 11 is 0. The fourth-order valence-corrected chi connectivity index (χ4v) is 1.35. The van der Waals surface area contributed by atoms with Crippen LogP contribution in [0.25, 0.3) is 10.8 Å². The Bertz CT molecular complexity index is 479. The molecule has 2 aromatic rings. The van der Waals surface area contributed by atoms with Gasteiger partial charge in [0.25, 0.3) is 0 Å². The van der Waals surface area contributed by atoms with E-state index in [1.165, 1.54) is 6.26 Å². The van der Waals surface area contributed by atoms with E-state index in [9.17, 15) is 0 Å². The van der Waals surface area contributed by atoms with E-state index in [2.05, 4.69) is 6.07 Å². The van der Waals surface area contributed by atoms with Gasteiger partial charge in [-0.15, -0.1) is 0 Å². The Morgan fingerprint density at radius 2 is 2.23 bits per heavy atom. The smallest absolute Gasteiger partial charge is 0.137 e. The predicted octanol–water partition coefficient (Wildman–Crippen LogP) is 1.80. The maximum absolute atomic E-state index is 8.91. The molecular weight excluding hydrogens is 166 g/mol. The summed E-state index contributed by atoms with van der Waals surface area (Å²) in [4.78, 5) is 0. The molecule has 0 saturated carbocycles. The normalized spacial score (nSPS) is 10.2. The van der Waals surface area contributed by atoms with Crippen molar-refractivity contribution in [1.82, 2.24) is 0 Å². The molecule has 3 nitrogen and oxygen atoms in total. The first-order valence-corrected chi connectivity index (χ1v) is 3.87. The molecule has 64 valence electrons. The minimum absolute atomic E-state index is 0.140. The van der Waals surface area contributed by atoms with Crippen LogP contribution in [0.1, 0.15) is 11.3 Å². The van der Waals surface area contributed by atoms with Gasteiger partial charge < -0.3 is 9.52 Å². The second-order valence-corrected chi connectivity index (χ2v) is 2.70. The van der Waals surface area contributed by atoms with Crippen molar-refractivity contribution in [2.45, 2.75) is 6.61 Å². The molecule has 0 saturated heterocycles. The van der Waals surface area contributed by atoms with Gasteiger partial charge in [0, 0.05) is 10.8 Å². The predicted molar refractivity (Wildman–Crippen MR) is 46.9 cm³/mol. The van der Waals surface area contributed by atoms with Crippen molar-refractivity contribution in [2.75, 3.05) is 0 Å². The van der Waals surface area contributed by atoms with Gasteiger partial charge in [0.05, 0.1) is 17.9 Å². The van der Waals surface area contributed by atoms with Crippen LogP contribution < -0.4 is 0 Å². The summed E-state index contributed by atoms with van der Waals surface area (Å²) in [5, 5.41) is 19.2. The molecule has 1 aromatic carbocycles. The van der Waals surface area contributed by atoms with Gasteiger partial charge in [-0.3, -0.25) is 0 Å². The molecule has 0 radical (unpaired) electrons. The summed E-state index contributed by atoms with van der Waals surface area (Å²) in [6.07, 6.45) is 1.50. The number of furan rings is 1. The number of aliphatic hydroxyl groups excluding tert-OH is 1. The van der Waals surface area contributed by atoms with Crippen molar-refractivity contribution in [3.8, 4) is 6.07 Å². The molecule has 1 heterocycles. The molecule has 0 aliphatic rings. The third kappa shape index (κ3) is 1.08. The van der Waals surface area contributed by atoms with E-state index < -0.39 is 0 Å². The van der Waals surface area contributed by atoms with Crippen LogP contribution in [0.5, 0.6) is 0 Å². The van der Waals surface area contributed by atoms with Crippen LogP contribution in [0.4, 0.5) is 0 Å². The minimum Gasteiger partial charge on any atom is -0.466 e. The SMILES string of the molecule is N#Cc1cccc2c(CO)occ12. The maximum Gasteiger partial charge on any atom is 0.137 e. The largest absolute Gasteiger partial charge is 0.466 e. The molecule has 0 unspecified atom stereocenters. The second-order valence-electron chi connectivity index (χ2n) is 2.70. The van der Waals surface area contributed by atoms with Gasteiger partial charge in [0.15, 0.2) is 0 Å². The van der Waals surface area contributed by atoms with Crippen LogP contribution >= 0.6 is 0 Å². The van der Waals surface area contributed by atoms with E-state index in [0.29, 0.717) is 11.3 Å². The van der Waals surface area contributed by atoms with E-state index in [1.54, 1.807) is 12.1 Å². The fourth-order valence-electron chi connectivity index (χ4n) is 1.35. The number of rotatable bonds is 1. The van der Waals surface area contributed by atoms with E-state index in [4.69, 9.17) is 14.8 Å². The lowest BCUT2D eigenvalue weighted by Crippen LogP contribution is -1.79. The highest BCUT2D eigenvalue weighted by Gasteiger charge is 2.07. The van der Waals surface area contributed by atoms with Crippen molar-refractivity contribution < 1.29 is 9.52 Å². The number of fused-ring (bicyclic) bond motifs is 1. The molecule has 3 heteroatoms. The van der Waals surface area contributed by atoms with Crippen molar-refractivity contribution in [3.63, 3.8) is 0 Å². The van der Waals surface area contributed by atoms with E-state index >= 15 is 0 Å². The lowest BCUT2D eigenvalue weighted by molar-refractivity contribution is 0.249. The molecule has 1 N–H and O–H groups in total. The number of hydrogen-bond acceptors (Lipinski definition) is 3. The molecule has 1 aromatic heterocycles. The van der Waals surface area contributed by atoms with Crippen LogP contribution in [-0.4, -0.2) is 5.11 Å². The quantitative estimate of drug-likeness (QED) is 0.715. The standard InChI is InChI=1S/C10H7NO2/c11-4-7-2-1-3-8-9(7)6-13-10(8)5-12/h1-3,6,12H,5H2. The Labute approximate surface area is 74.8 Å². The van der Waals surface area contributed by atoms with Crippen LogP contribution in [-0.2, 0) is 6.61 Å². The summed E-state index contributed by atoms with van der Waals surface area (Å²) in [7, 11) is 0. The van der Waals surface area contributed by atoms with Crippen LogP contribution in [0, 0.1) is 11.3 Å². The third-order valence-corrected chi connectivity index (χ3v) is 1.99. The zero-order valence-electron chi connectivity index (χ0n) is 6.82. The second kappa shape index (κ2) is 2.92. The van der Waals surface area contributed by atoms with Crippen molar-refractivity contribution in [3.05, 3.63) is 35.8 Å². The zero-order valence-corrected chi connectivity index (χ0v) is 6.82. The monoisotopic (exact) mass is 173 g/mol. The molecule has 0 atom stereocenters. The highest BCUT2D eigenvalue weighted by atomic mass is 16.4. The molecule has 0 spiro atoms. The number of nitrogens with zero attached hydrogens (tertiary/aromatic N) is 1. The summed E-state index contributed by atoms with van der Waals surface area (Å²) in [6, 6.07) is 7.38. The Balaban J connectivity index is 2.81. The summed E-state index contributed by atoms with van der Waals surface area (Å²) in [5.74, 6) is 0.507.